The predicted octanol–water partition coefficient (Wildman–Crippen LogP) is 3.31. The van der Waals surface area contributed by atoms with Gasteiger partial charge in [-0.3, -0.25) is 10.1 Å². The number of alkyl halides is 3. The zero-order valence-electron chi connectivity index (χ0n) is 14.1. The molecule has 27 heavy (non-hydrogen) atoms. The molecule has 2 N–H and O–H groups in total. The number of hydrogen-bond donors (Lipinski definition) is 2. The normalized spacial score (nSPS) is 12.0. The first-order valence-electron chi connectivity index (χ1n) is 7.66. The summed E-state index contributed by atoms with van der Waals surface area (Å²) in [6, 6.07) is 8.23. The van der Waals surface area contributed by atoms with Crippen molar-refractivity contribution in [3.8, 4) is 0 Å². The molecule has 146 valence electrons. The molecule has 0 aliphatic rings. The van der Waals surface area contributed by atoms with E-state index >= 15 is 0 Å². The Hall–Kier alpha value is -2.66. The lowest BCUT2D eigenvalue weighted by Gasteiger charge is -2.11. The van der Waals surface area contributed by atoms with E-state index in [9.17, 15) is 31.7 Å². The van der Waals surface area contributed by atoms with Crippen LogP contribution in [-0.2, 0) is 16.2 Å². The molecular formula is C16H16F3N3O4S. The lowest BCUT2D eigenvalue weighted by Crippen LogP contribution is -2.29. The Kier molecular flexibility index (Phi) is 6.06. The minimum atomic E-state index is -4.70. The van der Waals surface area contributed by atoms with E-state index in [0.29, 0.717) is 12.1 Å². The minimum absolute atomic E-state index is 0.0582. The molecule has 0 atom stereocenters. The van der Waals surface area contributed by atoms with Crippen LogP contribution < -0.4 is 10.0 Å². The van der Waals surface area contributed by atoms with Gasteiger partial charge in [-0.15, -0.1) is 0 Å². The number of aryl methyl sites for hydroxylation is 1. The number of hydrogen-bond acceptors (Lipinski definition) is 5. The van der Waals surface area contributed by atoms with E-state index in [1.165, 1.54) is 12.1 Å². The molecule has 0 radical (unpaired) electrons. The third-order valence-electron chi connectivity index (χ3n) is 3.59. The maximum absolute atomic E-state index is 12.7. The van der Waals surface area contributed by atoms with E-state index < -0.39 is 32.4 Å². The Morgan fingerprint density at radius 2 is 1.70 bits per heavy atom. The summed E-state index contributed by atoms with van der Waals surface area (Å²) >= 11 is 0. The lowest BCUT2D eigenvalue weighted by molar-refractivity contribution is -0.384. The summed E-state index contributed by atoms with van der Waals surface area (Å²) in [6.45, 7) is 1.64. The Morgan fingerprint density at radius 1 is 1.07 bits per heavy atom. The molecule has 0 aliphatic carbocycles. The fourth-order valence-corrected chi connectivity index (χ4v) is 3.22. The van der Waals surface area contributed by atoms with Crippen molar-refractivity contribution in [1.82, 2.24) is 4.72 Å². The molecule has 0 bridgehead atoms. The summed E-state index contributed by atoms with van der Waals surface area (Å²) in [6.07, 6.45) is -4.70. The van der Waals surface area contributed by atoms with E-state index in [1.54, 1.807) is 12.1 Å². The predicted molar refractivity (Wildman–Crippen MR) is 93.0 cm³/mol. The topological polar surface area (TPSA) is 101 Å². The highest BCUT2D eigenvalue weighted by Crippen LogP contribution is 2.34. The quantitative estimate of drug-likeness (QED) is 0.420. The number of anilines is 1. The van der Waals surface area contributed by atoms with Crippen LogP contribution in [0.15, 0.2) is 47.4 Å². The summed E-state index contributed by atoms with van der Waals surface area (Å²) < 4.78 is 64.5. The van der Waals surface area contributed by atoms with Crippen molar-refractivity contribution in [2.45, 2.75) is 18.0 Å². The average molecular weight is 403 g/mol. The van der Waals surface area contributed by atoms with Crippen molar-refractivity contribution >= 4 is 21.4 Å². The van der Waals surface area contributed by atoms with Crippen molar-refractivity contribution in [3.05, 3.63) is 63.7 Å². The number of benzene rings is 2. The van der Waals surface area contributed by atoms with E-state index in [-0.39, 0.29) is 23.7 Å². The number of sulfonamides is 1. The summed E-state index contributed by atoms with van der Waals surface area (Å²) in [4.78, 5) is 10.1. The van der Waals surface area contributed by atoms with Gasteiger partial charge in [-0.2, -0.15) is 13.2 Å². The monoisotopic (exact) mass is 403 g/mol. The lowest BCUT2D eigenvalue weighted by atomic mass is 10.1. The Bertz CT molecular complexity index is 929. The van der Waals surface area contributed by atoms with Crippen LogP contribution in [0.25, 0.3) is 0 Å². The van der Waals surface area contributed by atoms with Gasteiger partial charge in [0, 0.05) is 19.2 Å². The molecule has 0 saturated heterocycles. The van der Waals surface area contributed by atoms with E-state index in [2.05, 4.69) is 10.0 Å². The van der Waals surface area contributed by atoms with Crippen LogP contribution in [-0.4, -0.2) is 26.4 Å². The second-order valence-electron chi connectivity index (χ2n) is 5.62. The third kappa shape index (κ3) is 5.41. The van der Waals surface area contributed by atoms with Gasteiger partial charge in [0.05, 0.1) is 15.4 Å². The largest absolute Gasteiger partial charge is 0.416 e. The SMILES string of the molecule is Cc1ccc(S(=O)(=O)NCCNc2ccc(C(F)(F)F)cc2[N+](=O)[O-])cc1. The van der Waals surface area contributed by atoms with Crippen LogP contribution in [0.3, 0.4) is 0 Å². The second-order valence-corrected chi connectivity index (χ2v) is 7.39. The minimum Gasteiger partial charge on any atom is -0.378 e. The number of rotatable bonds is 7. The van der Waals surface area contributed by atoms with Gasteiger partial charge >= 0.3 is 6.18 Å². The summed E-state index contributed by atoms with van der Waals surface area (Å²) in [7, 11) is -3.76. The molecule has 0 aromatic heterocycles. The maximum atomic E-state index is 12.7. The van der Waals surface area contributed by atoms with Crippen molar-refractivity contribution in [1.29, 1.82) is 0 Å². The first kappa shape index (κ1) is 20.6. The van der Waals surface area contributed by atoms with Gasteiger partial charge in [-0.25, -0.2) is 13.1 Å². The molecule has 0 unspecified atom stereocenters. The number of nitro groups is 1. The molecule has 0 heterocycles. The highest BCUT2D eigenvalue weighted by molar-refractivity contribution is 7.89. The molecular weight excluding hydrogens is 387 g/mol. The number of nitro benzene ring substituents is 1. The van der Waals surface area contributed by atoms with Gasteiger partial charge in [-0.05, 0) is 31.2 Å². The number of nitrogens with zero attached hydrogens (tertiary/aromatic N) is 1. The molecule has 0 spiro atoms. The van der Waals surface area contributed by atoms with Gasteiger partial charge in [0.15, 0.2) is 0 Å². The van der Waals surface area contributed by atoms with E-state index in [1.807, 2.05) is 6.92 Å². The van der Waals surface area contributed by atoms with E-state index in [0.717, 1.165) is 11.6 Å². The molecule has 11 heteroatoms. The van der Waals surface area contributed by atoms with Crippen molar-refractivity contribution in [2.24, 2.45) is 0 Å². The fourth-order valence-electron chi connectivity index (χ4n) is 2.19. The summed E-state index contributed by atoms with van der Waals surface area (Å²) in [5.74, 6) is 0. The Morgan fingerprint density at radius 3 is 2.26 bits per heavy atom. The number of nitrogens with one attached hydrogen (secondary N) is 2. The van der Waals surface area contributed by atoms with Crippen LogP contribution in [0, 0.1) is 17.0 Å². The van der Waals surface area contributed by atoms with Crippen molar-refractivity contribution < 1.29 is 26.5 Å². The molecule has 0 saturated carbocycles. The Balaban J connectivity index is 2.02. The average Bonchev–Trinajstić information content (AvgIpc) is 2.58. The van der Waals surface area contributed by atoms with Crippen LogP contribution in [0.1, 0.15) is 11.1 Å². The van der Waals surface area contributed by atoms with Crippen molar-refractivity contribution in [3.63, 3.8) is 0 Å². The molecule has 0 fully saturated rings. The van der Waals surface area contributed by atoms with Crippen LogP contribution in [0.4, 0.5) is 24.5 Å². The highest BCUT2D eigenvalue weighted by Gasteiger charge is 2.33. The molecule has 0 amide bonds. The third-order valence-corrected chi connectivity index (χ3v) is 5.06. The van der Waals surface area contributed by atoms with Crippen LogP contribution in [0.2, 0.25) is 0 Å². The zero-order chi connectivity index (χ0) is 20.2. The van der Waals surface area contributed by atoms with E-state index in [4.69, 9.17) is 0 Å². The van der Waals surface area contributed by atoms with Gasteiger partial charge in [0.25, 0.3) is 5.69 Å². The molecule has 2 aromatic carbocycles. The molecule has 7 nitrogen and oxygen atoms in total. The standard InChI is InChI=1S/C16H16F3N3O4S/c1-11-2-5-13(6-3-11)27(25,26)21-9-8-20-14-7-4-12(16(17,18)19)10-15(14)22(23)24/h2-7,10,20-21H,8-9H2,1H3. The van der Waals surface area contributed by atoms with Gasteiger partial charge in [-0.1, -0.05) is 17.7 Å². The van der Waals surface area contributed by atoms with Gasteiger partial charge in [0.2, 0.25) is 10.0 Å². The Labute approximate surface area is 153 Å². The smallest absolute Gasteiger partial charge is 0.378 e. The first-order valence-corrected chi connectivity index (χ1v) is 9.15. The highest BCUT2D eigenvalue weighted by atomic mass is 32.2. The van der Waals surface area contributed by atoms with Gasteiger partial charge in [0.1, 0.15) is 5.69 Å². The second kappa shape index (κ2) is 7.92. The molecule has 2 rings (SSSR count). The zero-order valence-corrected chi connectivity index (χ0v) is 14.9. The summed E-state index contributed by atoms with van der Waals surface area (Å²) in [5, 5.41) is 13.6. The van der Waals surface area contributed by atoms with Crippen LogP contribution in [0.5, 0.6) is 0 Å². The van der Waals surface area contributed by atoms with Crippen molar-refractivity contribution in [2.75, 3.05) is 18.4 Å². The number of halogens is 3. The van der Waals surface area contributed by atoms with Gasteiger partial charge < -0.3 is 5.32 Å². The summed E-state index contributed by atoms with van der Waals surface area (Å²) in [5.41, 5.74) is -1.13. The molecule has 0 aliphatic heterocycles. The maximum Gasteiger partial charge on any atom is 0.416 e. The fraction of sp³-hybridized carbons (Fsp3) is 0.250. The molecule has 2 aromatic rings. The van der Waals surface area contributed by atoms with Crippen LogP contribution >= 0.6 is 0 Å². The first-order chi connectivity index (χ1) is 12.5.